The number of thioether (sulfide) groups is 1. The van der Waals surface area contributed by atoms with Gasteiger partial charge in [0.1, 0.15) is 0 Å². The first-order valence-electron chi connectivity index (χ1n) is 3.24. The van der Waals surface area contributed by atoms with E-state index in [0.717, 1.165) is 5.25 Å². The van der Waals surface area contributed by atoms with E-state index in [2.05, 4.69) is 30.5 Å². The molecule has 0 aromatic heterocycles. The molecule has 1 atom stereocenters. The van der Waals surface area contributed by atoms with Gasteiger partial charge in [-0.05, 0) is 18.9 Å². The van der Waals surface area contributed by atoms with Crippen molar-refractivity contribution >= 4 is 11.8 Å². The summed E-state index contributed by atoms with van der Waals surface area (Å²) in [6.07, 6.45) is 7.91. The highest BCUT2D eigenvalue weighted by atomic mass is 32.2. The standard InChI is InChI=1S/C7H13NS/c1-8-5-3-7(9-2)4-6-8/h3,5,7H,4,6H2,1-2H3. The van der Waals surface area contributed by atoms with E-state index >= 15 is 0 Å². The monoisotopic (exact) mass is 143 g/mol. The molecule has 1 nitrogen and oxygen atoms in total. The highest BCUT2D eigenvalue weighted by molar-refractivity contribution is 7.99. The van der Waals surface area contributed by atoms with Crippen LogP contribution in [-0.4, -0.2) is 30.0 Å². The van der Waals surface area contributed by atoms with Crippen LogP contribution in [0.2, 0.25) is 0 Å². The van der Waals surface area contributed by atoms with Gasteiger partial charge in [-0.25, -0.2) is 0 Å². The fourth-order valence-corrected chi connectivity index (χ4v) is 1.51. The molecule has 0 spiro atoms. The second kappa shape index (κ2) is 3.16. The first-order valence-corrected chi connectivity index (χ1v) is 4.53. The predicted molar refractivity (Wildman–Crippen MR) is 43.7 cm³/mol. The Labute approximate surface area is 61.1 Å². The molecule has 1 aliphatic heterocycles. The number of hydrogen-bond donors (Lipinski definition) is 0. The van der Waals surface area contributed by atoms with Crippen molar-refractivity contribution in [1.82, 2.24) is 4.90 Å². The highest BCUT2D eigenvalue weighted by Crippen LogP contribution is 2.16. The summed E-state index contributed by atoms with van der Waals surface area (Å²) in [5, 5.41) is 0.765. The average molecular weight is 143 g/mol. The summed E-state index contributed by atoms with van der Waals surface area (Å²) >= 11 is 1.93. The van der Waals surface area contributed by atoms with Gasteiger partial charge in [-0.3, -0.25) is 0 Å². The highest BCUT2D eigenvalue weighted by Gasteiger charge is 2.07. The van der Waals surface area contributed by atoms with Crippen LogP contribution in [0.25, 0.3) is 0 Å². The third-order valence-corrected chi connectivity index (χ3v) is 2.62. The Morgan fingerprint density at radius 1 is 1.67 bits per heavy atom. The van der Waals surface area contributed by atoms with E-state index in [1.54, 1.807) is 0 Å². The molecular weight excluding hydrogens is 130 g/mol. The van der Waals surface area contributed by atoms with Crippen molar-refractivity contribution < 1.29 is 0 Å². The Morgan fingerprint density at radius 2 is 2.44 bits per heavy atom. The lowest BCUT2D eigenvalue weighted by Crippen LogP contribution is -2.21. The molecule has 0 aliphatic carbocycles. The third-order valence-electron chi connectivity index (χ3n) is 1.62. The molecule has 0 amide bonds. The van der Waals surface area contributed by atoms with Crippen molar-refractivity contribution in [3.63, 3.8) is 0 Å². The summed E-state index contributed by atoms with van der Waals surface area (Å²) in [7, 11) is 2.12. The summed E-state index contributed by atoms with van der Waals surface area (Å²) < 4.78 is 0. The lowest BCUT2D eigenvalue weighted by molar-refractivity contribution is 0.429. The summed E-state index contributed by atoms with van der Waals surface area (Å²) in [5.74, 6) is 0. The maximum Gasteiger partial charge on any atom is 0.0257 e. The predicted octanol–water partition coefficient (Wildman–Crippen LogP) is 1.57. The van der Waals surface area contributed by atoms with Gasteiger partial charge in [-0.15, -0.1) is 0 Å². The zero-order valence-corrected chi connectivity index (χ0v) is 6.82. The summed E-state index contributed by atoms with van der Waals surface area (Å²) in [6, 6.07) is 0. The lowest BCUT2D eigenvalue weighted by atomic mass is 10.2. The molecule has 0 aromatic carbocycles. The number of hydrogen-bond acceptors (Lipinski definition) is 2. The Bertz CT molecular complexity index is 111. The first kappa shape index (κ1) is 7.00. The van der Waals surface area contributed by atoms with Gasteiger partial charge in [-0.1, -0.05) is 6.08 Å². The minimum atomic E-state index is 0.765. The smallest absolute Gasteiger partial charge is 0.0257 e. The van der Waals surface area contributed by atoms with Crippen LogP contribution in [0.4, 0.5) is 0 Å². The van der Waals surface area contributed by atoms with E-state index < -0.39 is 0 Å². The zero-order valence-electron chi connectivity index (χ0n) is 6.00. The average Bonchev–Trinajstić information content (AvgIpc) is 1.90. The van der Waals surface area contributed by atoms with Gasteiger partial charge in [0.05, 0.1) is 0 Å². The Balaban J connectivity index is 2.38. The maximum absolute atomic E-state index is 2.27. The number of rotatable bonds is 1. The minimum Gasteiger partial charge on any atom is -0.381 e. The molecular formula is C7H13NS. The van der Waals surface area contributed by atoms with E-state index in [9.17, 15) is 0 Å². The molecule has 52 valence electrons. The van der Waals surface area contributed by atoms with Gasteiger partial charge in [0.15, 0.2) is 0 Å². The largest absolute Gasteiger partial charge is 0.381 e. The molecule has 1 aliphatic rings. The zero-order chi connectivity index (χ0) is 6.69. The van der Waals surface area contributed by atoms with Crippen LogP contribution in [0.5, 0.6) is 0 Å². The van der Waals surface area contributed by atoms with E-state index in [0.29, 0.717) is 0 Å². The summed E-state index contributed by atoms with van der Waals surface area (Å²) in [4.78, 5) is 2.23. The molecule has 1 heterocycles. The van der Waals surface area contributed by atoms with Crippen molar-refractivity contribution in [2.75, 3.05) is 19.8 Å². The topological polar surface area (TPSA) is 3.24 Å². The quantitative estimate of drug-likeness (QED) is 0.548. The van der Waals surface area contributed by atoms with Crippen LogP contribution in [-0.2, 0) is 0 Å². The van der Waals surface area contributed by atoms with Gasteiger partial charge >= 0.3 is 0 Å². The van der Waals surface area contributed by atoms with Crippen molar-refractivity contribution in [2.45, 2.75) is 11.7 Å². The number of nitrogens with zero attached hydrogens (tertiary/aromatic N) is 1. The van der Waals surface area contributed by atoms with Gasteiger partial charge in [0.25, 0.3) is 0 Å². The second-order valence-corrected chi connectivity index (χ2v) is 3.46. The summed E-state index contributed by atoms with van der Waals surface area (Å²) in [5.41, 5.74) is 0. The normalized spacial score (nSPS) is 26.9. The van der Waals surface area contributed by atoms with Crippen molar-refractivity contribution in [2.24, 2.45) is 0 Å². The fraction of sp³-hybridized carbons (Fsp3) is 0.714. The van der Waals surface area contributed by atoms with E-state index in [-0.39, 0.29) is 0 Å². The molecule has 0 saturated heterocycles. The van der Waals surface area contributed by atoms with E-state index in [1.807, 2.05) is 11.8 Å². The molecule has 1 unspecified atom stereocenters. The van der Waals surface area contributed by atoms with Crippen LogP contribution in [0.3, 0.4) is 0 Å². The lowest BCUT2D eigenvalue weighted by Gasteiger charge is -2.22. The van der Waals surface area contributed by atoms with Crippen LogP contribution in [0.15, 0.2) is 12.3 Å². The molecule has 0 radical (unpaired) electrons. The molecule has 0 N–H and O–H groups in total. The first-order chi connectivity index (χ1) is 4.33. The third kappa shape index (κ3) is 1.94. The van der Waals surface area contributed by atoms with E-state index in [4.69, 9.17) is 0 Å². The maximum atomic E-state index is 2.27. The van der Waals surface area contributed by atoms with Crippen molar-refractivity contribution in [1.29, 1.82) is 0 Å². The Kier molecular flexibility index (Phi) is 2.46. The van der Waals surface area contributed by atoms with Crippen molar-refractivity contribution in [3.8, 4) is 0 Å². The fourth-order valence-electron chi connectivity index (χ4n) is 0.941. The molecule has 0 fully saturated rings. The molecule has 0 aromatic rings. The SMILES string of the molecule is CSC1C=CN(C)CC1. The minimum absolute atomic E-state index is 0.765. The van der Waals surface area contributed by atoms with Gasteiger partial charge in [-0.2, -0.15) is 11.8 Å². The van der Waals surface area contributed by atoms with Gasteiger partial charge < -0.3 is 4.90 Å². The van der Waals surface area contributed by atoms with Gasteiger partial charge in [0, 0.05) is 18.8 Å². The molecule has 9 heavy (non-hydrogen) atoms. The Hall–Kier alpha value is -0.110. The Morgan fingerprint density at radius 3 is 2.89 bits per heavy atom. The van der Waals surface area contributed by atoms with Gasteiger partial charge in [0.2, 0.25) is 0 Å². The van der Waals surface area contributed by atoms with Crippen LogP contribution >= 0.6 is 11.8 Å². The van der Waals surface area contributed by atoms with E-state index in [1.165, 1.54) is 13.0 Å². The molecule has 1 rings (SSSR count). The molecule has 2 heteroatoms. The molecule has 0 bridgehead atoms. The van der Waals surface area contributed by atoms with Crippen LogP contribution in [0.1, 0.15) is 6.42 Å². The molecule has 0 saturated carbocycles. The van der Waals surface area contributed by atoms with Crippen molar-refractivity contribution in [3.05, 3.63) is 12.3 Å². The second-order valence-electron chi connectivity index (χ2n) is 2.38. The summed E-state index contributed by atoms with van der Waals surface area (Å²) in [6.45, 7) is 1.21. The van der Waals surface area contributed by atoms with Crippen LogP contribution < -0.4 is 0 Å². The van der Waals surface area contributed by atoms with Crippen LogP contribution in [0, 0.1) is 0 Å².